The summed E-state index contributed by atoms with van der Waals surface area (Å²) in [6.45, 7) is 2.98. The fraction of sp³-hybridized carbons (Fsp3) is 0.208. The molecule has 4 aromatic rings. The third kappa shape index (κ3) is 4.97. The second kappa shape index (κ2) is 9.82. The average molecular weight is 432 g/mol. The van der Waals surface area contributed by atoms with Crippen molar-refractivity contribution in [3.8, 4) is 5.75 Å². The van der Waals surface area contributed by atoms with Gasteiger partial charge in [-0.05, 0) is 55.5 Å². The van der Waals surface area contributed by atoms with Gasteiger partial charge in [-0.25, -0.2) is 4.98 Å². The van der Waals surface area contributed by atoms with Crippen LogP contribution >= 0.6 is 0 Å². The minimum absolute atomic E-state index is 0.106. The highest BCUT2D eigenvalue weighted by Gasteiger charge is 2.15. The number of benzene rings is 2. The van der Waals surface area contributed by atoms with E-state index in [9.17, 15) is 9.59 Å². The van der Waals surface area contributed by atoms with Gasteiger partial charge in [-0.3, -0.25) is 9.59 Å². The summed E-state index contributed by atoms with van der Waals surface area (Å²) < 4.78 is 12.4. The normalized spacial score (nSPS) is 10.8. The first-order valence-electron chi connectivity index (χ1n) is 10.4. The third-order valence-corrected chi connectivity index (χ3v) is 4.86. The number of nitrogens with zero attached hydrogens (tertiary/aromatic N) is 2. The van der Waals surface area contributed by atoms with Crippen LogP contribution in [0, 0.1) is 0 Å². The zero-order valence-electron chi connectivity index (χ0n) is 17.7. The maximum atomic E-state index is 12.8. The minimum Gasteiger partial charge on any atom is -0.494 e. The fourth-order valence-electron chi connectivity index (χ4n) is 3.42. The Morgan fingerprint density at radius 1 is 1.06 bits per heavy atom. The molecule has 0 bridgehead atoms. The molecule has 0 aliphatic carbocycles. The highest BCUT2D eigenvalue weighted by Crippen LogP contribution is 2.18. The number of nitrogens with one attached hydrogen (secondary N) is 2. The van der Waals surface area contributed by atoms with Gasteiger partial charge in [0.05, 0.1) is 23.9 Å². The molecule has 2 N–H and O–H groups in total. The van der Waals surface area contributed by atoms with Crippen molar-refractivity contribution in [2.45, 2.75) is 19.9 Å². The highest BCUT2D eigenvalue weighted by atomic mass is 16.5. The molecule has 2 amide bonds. The standard InChI is InChI=1S/C24H24N4O4/c1-2-31-18-11-9-17(10-12-18)26-23(29)16-28-20-7-4-3-6-19(20)27-22(28)13-14-25-24(30)21-8-5-15-32-21/h3-12,15H,2,13-14,16H2,1H3,(H,25,30)(H,26,29). The highest BCUT2D eigenvalue weighted by molar-refractivity contribution is 5.92. The molecule has 8 nitrogen and oxygen atoms in total. The summed E-state index contributed by atoms with van der Waals surface area (Å²) in [5.41, 5.74) is 2.35. The van der Waals surface area contributed by atoms with Crippen LogP contribution in [0.15, 0.2) is 71.3 Å². The molecule has 0 radical (unpaired) electrons. The molecule has 4 rings (SSSR count). The largest absolute Gasteiger partial charge is 0.494 e. The van der Waals surface area contributed by atoms with Crippen LogP contribution in [0.25, 0.3) is 11.0 Å². The van der Waals surface area contributed by atoms with E-state index < -0.39 is 0 Å². The van der Waals surface area contributed by atoms with E-state index in [0.717, 1.165) is 16.8 Å². The van der Waals surface area contributed by atoms with Crippen molar-refractivity contribution in [3.63, 3.8) is 0 Å². The predicted molar refractivity (Wildman–Crippen MR) is 121 cm³/mol. The molecular formula is C24H24N4O4. The van der Waals surface area contributed by atoms with Gasteiger partial charge in [0.2, 0.25) is 5.91 Å². The van der Waals surface area contributed by atoms with Crippen molar-refractivity contribution in [2.75, 3.05) is 18.5 Å². The van der Waals surface area contributed by atoms with Crippen LogP contribution in [0.1, 0.15) is 23.3 Å². The van der Waals surface area contributed by atoms with Crippen LogP contribution in [0.2, 0.25) is 0 Å². The summed E-state index contributed by atoms with van der Waals surface area (Å²) in [7, 11) is 0. The van der Waals surface area contributed by atoms with Crippen molar-refractivity contribution in [2.24, 2.45) is 0 Å². The number of anilines is 1. The van der Waals surface area contributed by atoms with Crippen LogP contribution in [-0.4, -0.2) is 34.5 Å². The molecule has 2 aromatic carbocycles. The summed E-state index contributed by atoms with van der Waals surface area (Å²) in [5, 5.41) is 5.72. The summed E-state index contributed by atoms with van der Waals surface area (Å²) in [5.74, 6) is 1.27. The predicted octanol–water partition coefficient (Wildman–Crippen LogP) is 3.64. The Morgan fingerprint density at radius 2 is 1.88 bits per heavy atom. The molecule has 0 aliphatic heterocycles. The van der Waals surface area contributed by atoms with Gasteiger partial charge in [-0.1, -0.05) is 12.1 Å². The van der Waals surface area contributed by atoms with Crippen LogP contribution in [0.5, 0.6) is 5.75 Å². The van der Waals surface area contributed by atoms with Gasteiger partial charge in [-0.2, -0.15) is 0 Å². The van der Waals surface area contributed by atoms with E-state index in [1.165, 1.54) is 6.26 Å². The lowest BCUT2D eigenvalue weighted by Crippen LogP contribution is -2.27. The Morgan fingerprint density at radius 3 is 2.62 bits per heavy atom. The Kier molecular flexibility index (Phi) is 6.50. The summed E-state index contributed by atoms with van der Waals surface area (Å²) >= 11 is 0. The second-order valence-corrected chi connectivity index (χ2v) is 7.09. The number of ether oxygens (including phenoxy) is 1. The molecule has 0 spiro atoms. The van der Waals surface area contributed by atoms with E-state index in [0.29, 0.717) is 31.1 Å². The van der Waals surface area contributed by atoms with Gasteiger partial charge in [-0.15, -0.1) is 0 Å². The number of carbonyl (C=O) groups excluding carboxylic acids is 2. The molecule has 8 heteroatoms. The van der Waals surface area contributed by atoms with Gasteiger partial charge in [0.25, 0.3) is 5.91 Å². The summed E-state index contributed by atoms with van der Waals surface area (Å²) in [6.07, 6.45) is 1.93. The van der Waals surface area contributed by atoms with E-state index in [-0.39, 0.29) is 24.1 Å². The Hall–Kier alpha value is -4.07. The smallest absolute Gasteiger partial charge is 0.286 e. The second-order valence-electron chi connectivity index (χ2n) is 7.09. The molecular weight excluding hydrogens is 408 g/mol. The zero-order chi connectivity index (χ0) is 22.3. The number of hydrogen-bond acceptors (Lipinski definition) is 5. The van der Waals surface area contributed by atoms with Gasteiger partial charge in [0.15, 0.2) is 5.76 Å². The van der Waals surface area contributed by atoms with Crippen LogP contribution in [0.4, 0.5) is 5.69 Å². The number of rotatable bonds is 9. The van der Waals surface area contributed by atoms with Gasteiger partial charge in [0, 0.05) is 18.7 Å². The van der Waals surface area contributed by atoms with Gasteiger partial charge in [0.1, 0.15) is 18.1 Å². The molecule has 0 saturated carbocycles. The number of furan rings is 1. The molecule has 0 saturated heterocycles. The van der Waals surface area contributed by atoms with Crippen molar-refractivity contribution >= 4 is 28.5 Å². The maximum Gasteiger partial charge on any atom is 0.286 e. The van der Waals surface area contributed by atoms with Crippen molar-refractivity contribution in [1.82, 2.24) is 14.9 Å². The minimum atomic E-state index is -0.286. The van der Waals surface area contributed by atoms with Crippen LogP contribution < -0.4 is 15.4 Å². The lowest BCUT2D eigenvalue weighted by Gasteiger charge is -2.11. The van der Waals surface area contributed by atoms with E-state index in [1.807, 2.05) is 47.9 Å². The zero-order valence-corrected chi connectivity index (χ0v) is 17.7. The number of amides is 2. The molecule has 0 fully saturated rings. The average Bonchev–Trinajstić information content (AvgIpc) is 3.44. The first-order chi connectivity index (χ1) is 15.6. The number of imidazole rings is 1. The van der Waals surface area contributed by atoms with E-state index in [2.05, 4.69) is 15.6 Å². The topological polar surface area (TPSA) is 98.4 Å². The number of hydrogen-bond donors (Lipinski definition) is 2. The summed E-state index contributed by atoms with van der Waals surface area (Å²) in [6, 6.07) is 18.2. The van der Waals surface area contributed by atoms with Crippen molar-refractivity contribution in [1.29, 1.82) is 0 Å². The first-order valence-corrected chi connectivity index (χ1v) is 10.4. The van der Waals surface area contributed by atoms with Gasteiger partial charge < -0.3 is 24.4 Å². The lowest BCUT2D eigenvalue weighted by molar-refractivity contribution is -0.116. The Labute approximate surface area is 185 Å². The maximum absolute atomic E-state index is 12.8. The van der Waals surface area contributed by atoms with E-state index in [1.54, 1.807) is 24.3 Å². The van der Waals surface area contributed by atoms with Crippen LogP contribution in [0.3, 0.4) is 0 Å². The molecule has 0 atom stereocenters. The molecule has 2 aromatic heterocycles. The molecule has 0 unspecified atom stereocenters. The molecule has 0 aliphatic rings. The molecule has 164 valence electrons. The van der Waals surface area contributed by atoms with Gasteiger partial charge >= 0.3 is 0 Å². The lowest BCUT2D eigenvalue weighted by atomic mass is 10.3. The number of fused-ring (bicyclic) bond motifs is 1. The number of para-hydroxylation sites is 2. The number of carbonyl (C=O) groups is 2. The first kappa shape index (κ1) is 21.2. The molecule has 32 heavy (non-hydrogen) atoms. The molecule has 2 heterocycles. The Balaban J connectivity index is 1.44. The quantitative estimate of drug-likeness (QED) is 0.421. The SMILES string of the molecule is CCOc1ccc(NC(=O)Cn2c(CCNC(=O)c3ccco3)nc3ccccc32)cc1. The fourth-order valence-corrected chi connectivity index (χ4v) is 3.42. The van der Waals surface area contributed by atoms with E-state index in [4.69, 9.17) is 9.15 Å². The summed E-state index contributed by atoms with van der Waals surface area (Å²) in [4.78, 5) is 29.5. The van der Waals surface area contributed by atoms with Crippen LogP contribution in [-0.2, 0) is 17.8 Å². The van der Waals surface area contributed by atoms with Crippen molar-refractivity contribution in [3.05, 3.63) is 78.5 Å². The number of aromatic nitrogens is 2. The third-order valence-electron chi connectivity index (χ3n) is 4.86. The Bertz CT molecular complexity index is 1200. The van der Waals surface area contributed by atoms with Crippen molar-refractivity contribution < 1.29 is 18.7 Å². The monoisotopic (exact) mass is 432 g/mol. The van der Waals surface area contributed by atoms with E-state index >= 15 is 0 Å².